The highest BCUT2D eigenvalue weighted by Crippen LogP contribution is 2.12. The number of nitrogens with zero attached hydrogens (tertiary/aromatic N) is 3. The number of amides is 1. The summed E-state index contributed by atoms with van der Waals surface area (Å²) in [7, 11) is 0. The highest BCUT2D eigenvalue weighted by molar-refractivity contribution is 5.81. The molecule has 1 amide bonds. The van der Waals surface area contributed by atoms with Crippen LogP contribution in [-0.2, 0) is 4.79 Å². The van der Waals surface area contributed by atoms with Crippen LogP contribution in [0.15, 0.2) is 4.99 Å². The van der Waals surface area contributed by atoms with E-state index in [1.54, 1.807) is 0 Å². The standard InChI is InChI=1S/C19H39N5O/c1-8-20-19(21-10-12-24(15(4)5)16(6)7)22-17-9-11-23(13-17)18(25)14(2)3/h14-17H,8-13H2,1-7H3,(H2,20,21,22). The van der Waals surface area contributed by atoms with E-state index < -0.39 is 0 Å². The Balaban J connectivity index is 2.55. The number of carbonyl (C=O) groups is 1. The molecule has 1 heterocycles. The van der Waals surface area contributed by atoms with Gasteiger partial charge in [-0.1, -0.05) is 13.8 Å². The van der Waals surface area contributed by atoms with Crippen molar-refractivity contribution in [1.82, 2.24) is 20.4 Å². The topological polar surface area (TPSA) is 60.0 Å². The van der Waals surface area contributed by atoms with Crippen LogP contribution in [0, 0.1) is 5.92 Å². The van der Waals surface area contributed by atoms with Gasteiger partial charge < -0.3 is 15.5 Å². The van der Waals surface area contributed by atoms with Crippen LogP contribution in [0.5, 0.6) is 0 Å². The number of hydrogen-bond acceptors (Lipinski definition) is 3. The molecule has 25 heavy (non-hydrogen) atoms. The molecule has 0 aliphatic carbocycles. The minimum absolute atomic E-state index is 0.0682. The van der Waals surface area contributed by atoms with E-state index in [1.165, 1.54) is 0 Å². The first kappa shape index (κ1) is 21.7. The van der Waals surface area contributed by atoms with Gasteiger partial charge in [-0.25, -0.2) is 0 Å². The summed E-state index contributed by atoms with van der Waals surface area (Å²) in [6.07, 6.45) is 0.979. The Morgan fingerprint density at radius 1 is 1.20 bits per heavy atom. The molecule has 1 aliphatic heterocycles. The zero-order valence-corrected chi connectivity index (χ0v) is 17.3. The predicted octanol–water partition coefficient (Wildman–Crippen LogP) is 1.92. The molecule has 0 bridgehead atoms. The molecule has 0 aromatic carbocycles. The van der Waals surface area contributed by atoms with Crippen LogP contribution in [0.2, 0.25) is 0 Å². The van der Waals surface area contributed by atoms with E-state index >= 15 is 0 Å². The van der Waals surface area contributed by atoms with Gasteiger partial charge in [0.15, 0.2) is 5.96 Å². The maximum atomic E-state index is 12.1. The van der Waals surface area contributed by atoms with Crippen LogP contribution in [-0.4, -0.2) is 72.5 Å². The van der Waals surface area contributed by atoms with Crippen LogP contribution in [0.25, 0.3) is 0 Å². The molecule has 6 nitrogen and oxygen atoms in total. The third-order valence-electron chi connectivity index (χ3n) is 4.63. The van der Waals surface area contributed by atoms with Crippen molar-refractivity contribution in [3.05, 3.63) is 0 Å². The van der Waals surface area contributed by atoms with Crippen LogP contribution in [0.4, 0.5) is 0 Å². The summed E-state index contributed by atoms with van der Waals surface area (Å²) >= 11 is 0. The average molecular weight is 354 g/mol. The number of guanidine groups is 1. The summed E-state index contributed by atoms with van der Waals surface area (Å²) in [5, 5.41) is 6.82. The van der Waals surface area contributed by atoms with Crippen molar-refractivity contribution in [2.45, 2.75) is 73.0 Å². The second kappa shape index (κ2) is 10.6. The molecule has 0 radical (unpaired) electrons. The molecule has 1 atom stereocenters. The van der Waals surface area contributed by atoms with E-state index in [0.29, 0.717) is 12.1 Å². The SMILES string of the molecule is CCNC(=NCCN(C(C)C)C(C)C)NC1CCN(C(=O)C(C)C)C1. The van der Waals surface area contributed by atoms with Gasteiger partial charge in [-0.2, -0.15) is 0 Å². The van der Waals surface area contributed by atoms with Crippen LogP contribution < -0.4 is 10.6 Å². The van der Waals surface area contributed by atoms with Crippen molar-refractivity contribution in [1.29, 1.82) is 0 Å². The van der Waals surface area contributed by atoms with Crippen molar-refractivity contribution in [2.75, 3.05) is 32.7 Å². The number of nitrogens with one attached hydrogen (secondary N) is 2. The summed E-state index contributed by atoms with van der Waals surface area (Å²) in [5.74, 6) is 1.17. The molecule has 146 valence electrons. The molecule has 1 fully saturated rings. The Morgan fingerprint density at radius 2 is 1.84 bits per heavy atom. The molecule has 0 spiro atoms. The first-order valence-electron chi connectivity index (χ1n) is 9.85. The fourth-order valence-corrected chi connectivity index (χ4v) is 3.35. The van der Waals surface area contributed by atoms with Gasteiger partial charge in [0.1, 0.15) is 0 Å². The van der Waals surface area contributed by atoms with Gasteiger partial charge in [-0.3, -0.25) is 14.7 Å². The number of likely N-dealkylation sites (tertiary alicyclic amines) is 1. The Morgan fingerprint density at radius 3 is 2.36 bits per heavy atom. The van der Waals surface area contributed by atoms with Crippen molar-refractivity contribution in [3.8, 4) is 0 Å². The van der Waals surface area contributed by atoms with Crippen molar-refractivity contribution in [3.63, 3.8) is 0 Å². The lowest BCUT2D eigenvalue weighted by Gasteiger charge is -2.29. The molecule has 0 aromatic heterocycles. The third-order valence-corrected chi connectivity index (χ3v) is 4.63. The predicted molar refractivity (Wildman–Crippen MR) is 106 cm³/mol. The fraction of sp³-hybridized carbons (Fsp3) is 0.895. The Labute approximate surface area is 154 Å². The maximum absolute atomic E-state index is 12.1. The highest BCUT2D eigenvalue weighted by atomic mass is 16.2. The molecule has 1 unspecified atom stereocenters. The van der Waals surface area contributed by atoms with Crippen molar-refractivity contribution >= 4 is 11.9 Å². The molecule has 1 rings (SSSR count). The molecular formula is C19H39N5O. The Kier molecular flexibility index (Phi) is 9.25. The number of carbonyl (C=O) groups excluding carboxylic acids is 1. The summed E-state index contributed by atoms with van der Waals surface area (Å²) in [6, 6.07) is 1.33. The quantitative estimate of drug-likeness (QED) is 0.517. The number of hydrogen-bond donors (Lipinski definition) is 2. The second-order valence-corrected chi connectivity index (χ2v) is 7.75. The van der Waals surface area contributed by atoms with E-state index in [-0.39, 0.29) is 17.9 Å². The zero-order valence-electron chi connectivity index (χ0n) is 17.3. The molecule has 6 heteroatoms. The van der Waals surface area contributed by atoms with Gasteiger partial charge in [-0.05, 0) is 41.0 Å². The van der Waals surface area contributed by atoms with Crippen molar-refractivity contribution < 1.29 is 4.79 Å². The Bertz CT molecular complexity index is 426. The normalized spacial score (nSPS) is 18.8. The smallest absolute Gasteiger partial charge is 0.225 e. The lowest BCUT2D eigenvalue weighted by atomic mass is 10.2. The lowest BCUT2D eigenvalue weighted by molar-refractivity contribution is -0.133. The van der Waals surface area contributed by atoms with Crippen LogP contribution >= 0.6 is 0 Å². The van der Waals surface area contributed by atoms with Gasteiger partial charge in [0.25, 0.3) is 0 Å². The second-order valence-electron chi connectivity index (χ2n) is 7.75. The summed E-state index contributed by atoms with van der Waals surface area (Å²) in [4.78, 5) is 21.3. The van der Waals surface area contributed by atoms with Crippen LogP contribution in [0.3, 0.4) is 0 Å². The van der Waals surface area contributed by atoms with Crippen LogP contribution in [0.1, 0.15) is 54.9 Å². The molecule has 1 aliphatic rings. The van der Waals surface area contributed by atoms with Gasteiger partial charge in [0.2, 0.25) is 5.91 Å². The lowest BCUT2D eigenvalue weighted by Crippen LogP contribution is -2.46. The number of aliphatic imine (C=N–C) groups is 1. The van der Waals surface area contributed by atoms with Gasteiger partial charge in [-0.15, -0.1) is 0 Å². The summed E-state index contributed by atoms with van der Waals surface area (Å²) in [5.41, 5.74) is 0. The fourth-order valence-electron chi connectivity index (χ4n) is 3.35. The van der Waals surface area contributed by atoms with E-state index in [1.807, 2.05) is 18.7 Å². The zero-order chi connectivity index (χ0) is 19.0. The minimum atomic E-state index is 0.0682. The molecule has 1 saturated heterocycles. The molecule has 0 aromatic rings. The Hall–Kier alpha value is -1.30. The molecule has 0 saturated carbocycles. The largest absolute Gasteiger partial charge is 0.357 e. The van der Waals surface area contributed by atoms with Gasteiger partial charge in [0.05, 0.1) is 6.54 Å². The summed E-state index contributed by atoms with van der Waals surface area (Å²) < 4.78 is 0. The van der Waals surface area contributed by atoms with Gasteiger partial charge in [0, 0.05) is 50.2 Å². The number of rotatable bonds is 8. The van der Waals surface area contributed by atoms with E-state index in [4.69, 9.17) is 4.99 Å². The molecular weight excluding hydrogens is 314 g/mol. The first-order chi connectivity index (χ1) is 11.8. The third kappa shape index (κ3) is 7.22. The van der Waals surface area contributed by atoms with E-state index in [9.17, 15) is 4.79 Å². The molecule has 2 N–H and O–H groups in total. The average Bonchev–Trinajstić information content (AvgIpc) is 2.98. The maximum Gasteiger partial charge on any atom is 0.225 e. The first-order valence-corrected chi connectivity index (χ1v) is 9.85. The monoisotopic (exact) mass is 353 g/mol. The highest BCUT2D eigenvalue weighted by Gasteiger charge is 2.27. The van der Waals surface area contributed by atoms with Gasteiger partial charge >= 0.3 is 0 Å². The summed E-state index contributed by atoms with van der Waals surface area (Å²) in [6.45, 7) is 19.1. The van der Waals surface area contributed by atoms with Crippen molar-refractivity contribution in [2.24, 2.45) is 10.9 Å². The minimum Gasteiger partial charge on any atom is -0.357 e. The van der Waals surface area contributed by atoms with E-state index in [0.717, 1.165) is 45.1 Å². The van der Waals surface area contributed by atoms with E-state index in [2.05, 4.69) is 50.2 Å².